The van der Waals surface area contributed by atoms with Gasteiger partial charge in [0, 0.05) is 6.42 Å². The topological polar surface area (TPSA) is 71.1 Å². The van der Waals surface area contributed by atoms with Gasteiger partial charge in [-0.2, -0.15) is 0 Å². The molecule has 0 aliphatic carbocycles. The predicted octanol–water partition coefficient (Wildman–Crippen LogP) is 5.31. The summed E-state index contributed by atoms with van der Waals surface area (Å²) in [4.78, 5) is 16.3. The first-order chi connectivity index (χ1) is 12.1. The first-order valence-corrected chi connectivity index (χ1v) is 9.56. The van der Waals surface area contributed by atoms with Crippen molar-refractivity contribution in [3.63, 3.8) is 0 Å². The van der Waals surface area contributed by atoms with Crippen LogP contribution in [0.4, 0.5) is 0 Å². The lowest BCUT2D eigenvalue weighted by Crippen LogP contribution is -2.10. The molecule has 0 bridgehead atoms. The van der Waals surface area contributed by atoms with Crippen molar-refractivity contribution in [3.8, 4) is 11.5 Å². The van der Waals surface area contributed by atoms with Crippen LogP contribution in [0.3, 0.4) is 0 Å². The largest absolute Gasteiger partial charge is 0.625 e. The minimum absolute atomic E-state index is 0.171. The van der Waals surface area contributed by atoms with Crippen LogP contribution in [0.5, 0.6) is 11.5 Å². The van der Waals surface area contributed by atoms with Gasteiger partial charge in [0.15, 0.2) is 0 Å². The van der Waals surface area contributed by atoms with Gasteiger partial charge in [-0.15, -0.1) is 0 Å². The molecular weight excluding hydrogens is 343 g/mol. The minimum Gasteiger partial charge on any atom is -0.393 e. The van der Waals surface area contributed by atoms with E-state index in [0.29, 0.717) is 6.42 Å². The second-order valence-corrected chi connectivity index (χ2v) is 6.65. The molecule has 0 heterocycles. The molecule has 0 aliphatic heterocycles. The van der Waals surface area contributed by atoms with Crippen molar-refractivity contribution >= 4 is 13.8 Å². The van der Waals surface area contributed by atoms with Crippen LogP contribution in [0.15, 0.2) is 60.7 Å². The van der Waals surface area contributed by atoms with Crippen LogP contribution in [0.1, 0.15) is 32.6 Å². The Balaban J connectivity index is 2.03. The molecule has 0 radical (unpaired) electrons. The summed E-state index contributed by atoms with van der Waals surface area (Å²) >= 11 is 0. The van der Waals surface area contributed by atoms with Gasteiger partial charge in [0.1, 0.15) is 11.5 Å². The molecule has 2 aromatic rings. The number of para-hydroxylation sites is 2. The summed E-state index contributed by atoms with van der Waals surface area (Å²) < 4.78 is 28.3. The summed E-state index contributed by atoms with van der Waals surface area (Å²) in [5.41, 5.74) is 0. The van der Waals surface area contributed by atoms with Gasteiger partial charge in [-0.3, -0.25) is 4.89 Å². The predicted molar refractivity (Wildman–Crippen MR) is 93.1 cm³/mol. The van der Waals surface area contributed by atoms with Gasteiger partial charge in [-0.1, -0.05) is 60.8 Å². The highest BCUT2D eigenvalue weighted by Gasteiger charge is 2.34. The van der Waals surface area contributed by atoms with E-state index in [2.05, 4.69) is 4.89 Å². The molecule has 0 saturated heterocycles. The van der Waals surface area contributed by atoms with Crippen molar-refractivity contribution in [2.45, 2.75) is 32.6 Å². The first kappa shape index (κ1) is 19.0. The Morgan fingerprint density at radius 1 is 0.880 bits per heavy atom. The third-order valence-electron chi connectivity index (χ3n) is 3.13. The van der Waals surface area contributed by atoms with Crippen molar-refractivity contribution < 1.29 is 28.0 Å². The summed E-state index contributed by atoms with van der Waals surface area (Å²) in [6.45, 7) is 2.03. The molecule has 134 valence electrons. The molecule has 0 atom stereocenters. The number of unbranched alkanes of at least 4 members (excludes halogenated alkanes) is 2. The zero-order valence-electron chi connectivity index (χ0n) is 14.0. The molecule has 0 aliphatic rings. The molecule has 2 aromatic carbocycles. The van der Waals surface area contributed by atoms with Crippen LogP contribution < -0.4 is 9.05 Å². The Morgan fingerprint density at radius 3 is 1.88 bits per heavy atom. The van der Waals surface area contributed by atoms with Gasteiger partial charge in [0.2, 0.25) is 0 Å². The highest BCUT2D eigenvalue weighted by atomic mass is 31.2. The highest BCUT2D eigenvalue weighted by Crippen LogP contribution is 2.49. The van der Waals surface area contributed by atoms with Crippen molar-refractivity contribution in [2.75, 3.05) is 0 Å². The molecule has 0 N–H and O–H groups in total. The van der Waals surface area contributed by atoms with E-state index in [0.717, 1.165) is 12.8 Å². The van der Waals surface area contributed by atoms with E-state index in [1.54, 1.807) is 60.7 Å². The lowest BCUT2D eigenvalue weighted by atomic mass is 10.2. The van der Waals surface area contributed by atoms with Crippen LogP contribution in [0.2, 0.25) is 0 Å². The Kier molecular flexibility index (Phi) is 7.51. The van der Waals surface area contributed by atoms with E-state index in [4.69, 9.17) is 13.7 Å². The number of phosphoric ester groups is 1. The second-order valence-electron chi connectivity index (χ2n) is 5.24. The molecule has 25 heavy (non-hydrogen) atoms. The maximum Gasteiger partial charge on any atom is 0.625 e. The lowest BCUT2D eigenvalue weighted by molar-refractivity contribution is -0.221. The van der Waals surface area contributed by atoms with Gasteiger partial charge in [-0.25, -0.2) is 9.36 Å². The molecule has 2 rings (SSSR count). The van der Waals surface area contributed by atoms with Gasteiger partial charge in [-0.05, 0) is 30.7 Å². The standard InChI is InChI=1S/C18H21O6P/c1-2-3-6-15-18(19)21-24-25(20,22-16-11-7-4-8-12-16)23-17-13-9-5-10-14-17/h4-5,7-14H,2-3,6,15H2,1H3. The Bertz CT molecular complexity index is 644. The number of hydrogen-bond acceptors (Lipinski definition) is 6. The van der Waals surface area contributed by atoms with E-state index in [9.17, 15) is 9.36 Å². The molecule has 7 heteroatoms. The molecule has 6 nitrogen and oxygen atoms in total. The molecule has 0 fully saturated rings. The lowest BCUT2D eigenvalue weighted by Gasteiger charge is -2.17. The first-order valence-electron chi connectivity index (χ1n) is 8.10. The zero-order chi connectivity index (χ0) is 18.0. The van der Waals surface area contributed by atoms with Crippen LogP contribution >= 0.6 is 7.82 Å². The molecule has 0 saturated carbocycles. The maximum absolute atomic E-state index is 12.8. The maximum atomic E-state index is 12.8. The molecule has 0 amide bonds. The van der Waals surface area contributed by atoms with Crippen molar-refractivity contribution in [1.29, 1.82) is 0 Å². The van der Waals surface area contributed by atoms with E-state index in [-0.39, 0.29) is 17.9 Å². The van der Waals surface area contributed by atoms with Crippen LogP contribution in [-0.4, -0.2) is 5.97 Å². The Hall–Kier alpha value is -2.30. The third-order valence-corrected chi connectivity index (χ3v) is 4.25. The number of carbonyl (C=O) groups is 1. The average Bonchev–Trinajstić information content (AvgIpc) is 2.62. The SMILES string of the molecule is CCCCCC(=O)OOP(=O)(Oc1ccccc1)Oc1ccccc1. The highest BCUT2D eigenvalue weighted by molar-refractivity contribution is 7.49. The van der Waals surface area contributed by atoms with Crippen LogP contribution in [0.25, 0.3) is 0 Å². The number of phosphoric acid groups is 1. The number of carbonyl (C=O) groups excluding carboxylic acids is 1. The van der Waals surface area contributed by atoms with Crippen molar-refractivity contribution in [1.82, 2.24) is 0 Å². The fourth-order valence-electron chi connectivity index (χ4n) is 1.92. The smallest absolute Gasteiger partial charge is 0.393 e. The quantitative estimate of drug-likeness (QED) is 0.246. The normalized spacial score (nSPS) is 10.9. The van der Waals surface area contributed by atoms with Gasteiger partial charge in [0.25, 0.3) is 0 Å². The molecule has 0 unspecified atom stereocenters. The van der Waals surface area contributed by atoms with E-state index in [1.165, 1.54) is 0 Å². The number of hydrogen-bond donors (Lipinski definition) is 0. The van der Waals surface area contributed by atoms with Crippen LogP contribution in [-0.2, 0) is 18.9 Å². The summed E-state index contributed by atoms with van der Waals surface area (Å²) in [6.07, 6.45) is 2.71. The van der Waals surface area contributed by atoms with E-state index in [1.807, 2.05) is 6.92 Å². The summed E-state index contributed by atoms with van der Waals surface area (Å²) in [5, 5.41) is 0. The molecule has 0 aromatic heterocycles. The fourth-order valence-corrected chi connectivity index (χ4v) is 2.95. The fraction of sp³-hybridized carbons (Fsp3) is 0.278. The summed E-state index contributed by atoms with van der Waals surface area (Å²) in [5.74, 6) is -0.0883. The molecular formula is C18H21O6P. The van der Waals surface area contributed by atoms with Gasteiger partial charge in [0.05, 0.1) is 0 Å². The van der Waals surface area contributed by atoms with Crippen LogP contribution in [0, 0.1) is 0 Å². The Labute approximate surface area is 147 Å². The van der Waals surface area contributed by atoms with Gasteiger partial charge >= 0.3 is 13.8 Å². The van der Waals surface area contributed by atoms with E-state index >= 15 is 0 Å². The number of benzene rings is 2. The van der Waals surface area contributed by atoms with Gasteiger partial charge < -0.3 is 9.05 Å². The third kappa shape index (κ3) is 6.99. The number of rotatable bonds is 10. The minimum atomic E-state index is -4.20. The molecule has 0 spiro atoms. The van der Waals surface area contributed by atoms with Crippen molar-refractivity contribution in [2.24, 2.45) is 0 Å². The summed E-state index contributed by atoms with van der Waals surface area (Å²) in [7, 11) is -4.20. The second kappa shape index (κ2) is 9.87. The Morgan fingerprint density at radius 2 is 1.40 bits per heavy atom. The van der Waals surface area contributed by atoms with E-state index < -0.39 is 13.8 Å². The van der Waals surface area contributed by atoms with Crippen molar-refractivity contribution in [3.05, 3.63) is 60.7 Å². The summed E-state index contributed by atoms with van der Waals surface area (Å²) in [6, 6.07) is 16.8. The average molecular weight is 364 g/mol. The zero-order valence-corrected chi connectivity index (χ0v) is 14.9. The monoisotopic (exact) mass is 364 g/mol.